The average molecular weight is 283 g/mol. The molecular formula is C11H13N3O4S. The molecule has 0 atom stereocenters. The van der Waals surface area contributed by atoms with Gasteiger partial charge >= 0.3 is 12.0 Å². The van der Waals surface area contributed by atoms with Gasteiger partial charge in [-0.25, -0.2) is 9.59 Å². The predicted octanol–water partition coefficient (Wildman–Crippen LogP) is 0.376. The highest BCUT2D eigenvalue weighted by atomic mass is 32.2. The van der Waals surface area contributed by atoms with E-state index < -0.39 is 16.8 Å². The number of carbonyl (C=O) groups is 2. The molecule has 0 spiro atoms. The molecule has 0 bridgehead atoms. The van der Waals surface area contributed by atoms with Crippen LogP contribution in [0.1, 0.15) is 10.4 Å². The van der Waals surface area contributed by atoms with Crippen LogP contribution in [-0.4, -0.2) is 55.8 Å². The van der Waals surface area contributed by atoms with E-state index in [9.17, 15) is 13.8 Å². The Balaban J connectivity index is 2.00. The van der Waals surface area contributed by atoms with Gasteiger partial charge in [-0.2, -0.15) is 0 Å². The Kier molecular flexibility index (Phi) is 4.10. The molecule has 0 saturated carbocycles. The minimum Gasteiger partial charge on any atom is -0.478 e. The van der Waals surface area contributed by atoms with Crippen LogP contribution in [0.4, 0.5) is 10.5 Å². The second-order valence-electron chi connectivity index (χ2n) is 4.03. The fourth-order valence-corrected chi connectivity index (χ4v) is 2.72. The molecule has 2 N–H and O–H groups in total. The first-order chi connectivity index (χ1) is 9.06. The van der Waals surface area contributed by atoms with Gasteiger partial charge < -0.3 is 15.3 Å². The molecule has 8 heteroatoms. The monoisotopic (exact) mass is 283 g/mol. The van der Waals surface area contributed by atoms with Crippen LogP contribution in [0.2, 0.25) is 0 Å². The van der Waals surface area contributed by atoms with Crippen molar-refractivity contribution < 1.29 is 18.9 Å². The molecule has 102 valence electrons. The maximum atomic E-state index is 11.9. The van der Waals surface area contributed by atoms with E-state index in [-0.39, 0.29) is 11.6 Å². The quantitative estimate of drug-likeness (QED) is 0.817. The molecule has 2 amide bonds. The van der Waals surface area contributed by atoms with Crippen molar-refractivity contribution in [3.05, 3.63) is 24.0 Å². The van der Waals surface area contributed by atoms with E-state index in [1.807, 2.05) is 0 Å². The van der Waals surface area contributed by atoms with Gasteiger partial charge in [0.2, 0.25) is 0 Å². The van der Waals surface area contributed by atoms with Gasteiger partial charge in [-0.15, -0.1) is 0 Å². The first-order valence-electron chi connectivity index (χ1n) is 5.65. The lowest BCUT2D eigenvalue weighted by Gasteiger charge is -2.26. The number of amides is 2. The smallest absolute Gasteiger partial charge is 0.337 e. The molecule has 1 aliphatic heterocycles. The second kappa shape index (κ2) is 5.79. The summed E-state index contributed by atoms with van der Waals surface area (Å²) >= 11 is 0. The molecular weight excluding hydrogens is 270 g/mol. The van der Waals surface area contributed by atoms with Crippen molar-refractivity contribution in [2.24, 2.45) is 0 Å². The van der Waals surface area contributed by atoms with Crippen molar-refractivity contribution >= 4 is 28.5 Å². The van der Waals surface area contributed by atoms with Crippen molar-refractivity contribution in [3.63, 3.8) is 0 Å². The first-order valence-corrected chi connectivity index (χ1v) is 7.14. The summed E-state index contributed by atoms with van der Waals surface area (Å²) in [5.74, 6) is -0.154. The van der Waals surface area contributed by atoms with Gasteiger partial charge in [0.05, 0.1) is 17.4 Å². The summed E-state index contributed by atoms with van der Waals surface area (Å²) in [6.07, 6.45) is 2.59. The number of pyridine rings is 1. The van der Waals surface area contributed by atoms with E-state index in [2.05, 4.69) is 10.3 Å². The number of anilines is 1. The molecule has 7 nitrogen and oxygen atoms in total. The normalized spacial score (nSPS) is 16.1. The minimum atomic E-state index is -1.10. The molecule has 19 heavy (non-hydrogen) atoms. The van der Waals surface area contributed by atoms with Crippen LogP contribution < -0.4 is 5.32 Å². The van der Waals surface area contributed by atoms with E-state index in [4.69, 9.17) is 5.11 Å². The molecule has 1 fully saturated rings. The number of hydrogen-bond donors (Lipinski definition) is 2. The lowest BCUT2D eigenvalue weighted by Crippen LogP contribution is -2.44. The van der Waals surface area contributed by atoms with E-state index >= 15 is 0 Å². The number of carbonyl (C=O) groups excluding carboxylic acids is 1. The number of aromatic carboxylic acids is 1. The lowest BCUT2D eigenvalue weighted by molar-refractivity contribution is 0.0696. The van der Waals surface area contributed by atoms with Gasteiger partial charge in [0.1, 0.15) is 0 Å². The topological polar surface area (TPSA) is 99.6 Å². The fraction of sp³-hybridized carbons (Fsp3) is 0.364. The van der Waals surface area contributed by atoms with Crippen molar-refractivity contribution in [2.45, 2.75) is 0 Å². The molecule has 0 aromatic carbocycles. The van der Waals surface area contributed by atoms with E-state index in [1.54, 1.807) is 4.90 Å². The third-order valence-corrected chi connectivity index (χ3v) is 3.98. The molecule has 1 aromatic rings. The summed E-state index contributed by atoms with van der Waals surface area (Å²) in [5, 5.41) is 11.4. The van der Waals surface area contributed by atoms with Gasteiger partial charge in [-0.3, -0.25) is 9.19 Å². The summed E-state index contributed by atoms with van der Waals surface area (Å²) in [7, 11) is -0.845. The number of carboxylic acid groups (broad SMARTS) is 1. The van der Waals surface area contributed by atoms with E-state index in [0.29, 0.717) is 30.3 Å². The molecule has 1 aromatic heterocycles. The first kappa shape index (κ1) is 13.5. The number of carboxylic acids is 1. The largest absolute Gasteiger partial charge is 0.478 e. The maximum absolute atomic E-state index is 11.9. The Labute approximate surface area is 112 Å². The van der Waals surface area contributed by atoms with Crippen LogP contribution >= 0.6 is 0 Å². The Morgan fingerprint density at radius 3 is 2.63 bits per heavy atom. The zero-order valence-corrected chi connectivity index (χ0v) is 10.9. The third kappa shape index (κ3) is 3.50. The Bertz CT molecular complexity index is 524. The van der Waals surface area contributed by atoms with Crippen LogP contribution in [0.5, 0.6) is 0 Å². The summed E-state index contributed by atoms with van der Waals surface area (Å²) in [6.45, 7) is 0.870. The number of aromatic nitrogens is 1. The number of hydrogen-bond acceptors (Lipinski definition) is 4. The molecule has 2 rings (SSSR count). The zero-order valence-electron chi connectivity index (χ0n) is 10.0. The number of nitrogens with zero attached hydrogens (tertiary/aromatic N) is 2. The molecule has 0 unspecified atom stereocenters. The van der Waals surface area contributed by atoms with Gasteiger partial charge in [0.15, 0.2) is 0 Å². The number of nitrogens with one attached hydrogen (secondary N) is 1. The fourth-order valence-electron chi connectivity index (χ4n) is 1.67. The van der Waals surface area contributed by atoms with Gasteiger partial charge in [0, 0.05) is 41.6 Å². The van der Waals surface area contributed by atoms with Gasteiger partial charge in [0.25, 0.3) is 0 Å². The van der Waals surface area contributed by atoms with Crippen LogP contribution in [0.25, 0.3) is 0 Å². The number of urea groups is 1. The van der Waals surface area contributed by atoms with Crippen molar-refractivity contribution in [1.29, 1.82) is 0 Å². The van der Waals surface area contributed by atoms with Gasteiger partial charge in [-0.05, 0) is 6.07 Å². The summed E-state index contributed by atoms with van der Waals surface area (Å²) in [6, 6.07) is 1.01. The summed E-state index contributed by atoms with van der Waals surface area (Å²) in [4.78, 5) is 28.0. The predicted molar refractivity (Wildman–Crippen MR) is 69.7 cm³/mol. The van der Waals surface area contributed by atoms with Crippen molar-refractivity contribution in [1.82, 2.24) is 9.88 Å². The Morgan fingerprint density at radius 2 is 2.00 bits per heavy atom. The highest BCUT2D eigenvalue weighted by Gasteiger charge is 2.20. The number of rotatable bonds is 2. The Morgan fingerprint density at radius 1 is 1.32 bits per heavy atom. The van der Waals surface area contributed by atoms with Crippen LogP contribution in [0.15, 0.2) is 18.5 Å². The molecule has 0 aliphatic carbocycles. The van der Waals surface area contributed by atoms with Crippen LogP contribution in [0, 0.1) is 0 Å². The van der Waals surface area contributed by atoms with Crippen molar-refractivity contribution in [2.75, 3.05) is 29.9 Å². The van der Waals surface area contributed by atoms with Gasteiger partial charge in [-0.1, -0.05) is 0 Å². The standard InChI is InChI=1S/C11H13N3O4S/c15-10(16)8-5-9(7-12-6-8)13-11(17)14-1-3-19(18)4-2-14/h5-7H,1-4H2,(H,13,17)(H,15,16). The van der Waals surface area contributed by atoms with E-state index in [1.165, 1.54) is 18.5 Å². The second-order valence-corrected chi connectivity index (χ2v) is 5.73. The van der Waals surface area contributed by atoms with Crippen LogP contribution in [0.3, 0.4) is 0 Å². The highest BCUT2D eigenvalue weighted by Crippen LogP contribution is 2.10. The molecule has 1 aliphatic rings. The van der Waals surface area contributed by atoms with Crippen LogP contribution in [-0.2, 0) is 10.8 Å². The van der Waals surface area contributed by atoms with E-state index in [0.717, 1.165) is 0 Å². The zero-order chi connectivity index (χ0) is 13.8. The lowest BCUT2D eigenvalue weighted by atomic mass is 10.2. The molecule has 2 heterocycles. The average Bonchev–Trinajstić information content (AvgIpc) is 2.39. The minimum absolute atomic E-state index is 0.0116. The summed E-state index contributed by atoms with van der Waals surface area (Å²) < 4.78 is 11.2. The van der Waals surface area contributed by atoms with Crippen molar-refractivity contribution in [3.8, 4) is 0 Å². The SMILES string of the molecule is O=C(O)c1cncc(NC(=O)N2CCS(=O)CC2)c1. The maximum Gasteiger partial charge on any atom is 0.337 e. The highest BCUT2D eigenvalue weighted by molar-refractivity contribution is 7.85. The summed E-state index contributed by atoms with van der Waals surface area (Å²) in [5.41, 5.74) is 0.342. The third-order valence-electron chi connectivity index (χ3n) is 2.70. The molecule has 0 radical (unpaired) electrons. The Hall–Kier alpha value is -1.96. The molecule has 1 saturated heterocycles.